The summed E-state index contributed by atoms with van der Waals surface area (Å²) in [4.78, 5) is 0. The molecule has 47 valence electrons. The monoisotopic (exact) mass is 119 g/mol. The van der Waals surface area contributed by atoms with Crippen LogP contribution in [0.1, 0.15) is 19.3 Å². The summed E-state index contributed by atoms with van der Waals surface area (Å²) in [7, 11) is 0. The second-order valence-electron chi connectivity index (χ2n) is 2.16. The van der Waals surface area contributed by atoms with Crippen LogP contribution in [0.3, 0.4) is 0 Å². The van der Waals surface area contributed by atoms with Crippen LogP contribution in [-0.4, -0.2) is 12.3 Å². The summed E-state index contributed by atoms with van der Waals surface area (Å²) in [5, 5.41) is 0. The first kappa shape index (κ1) is 5.99. The molecule has 1 fully saturated rings. The van der Waals surface area contributed by atoms with Crippen LogP contribution in [0, 0.1) is 6.42 Å². The van der Waals surface area contributed by atoms with Crippen LogP contribution in [0.2, 0.25) is 0 Å². The highest BCUT2D eigenvalue weighted by atomic mass is 19.1. The van der Waals surface area contributed by atoms with E-state index in [1.54, 1.807) is 0 Å². The maximum atomic E-state index is 12.1. The van der Waals surface area contributed by atoms with Gasteiger partial charge in [0.1, 0.15) is 12.3 Å². The van der Waals surface area contributed by atoms with Crippen molar-refractivity contribution in [3.05, 3.63) is 6.42 Å². The molecule has 1 radical (unpaired) electrons. The third kappa shape index (κ3) is 1.42. The average molecular weight is 119 g/mol. The Morgan fingerprint density at radius 2 is 1.62 bits per heavy atom. The Kier molecular flexibility index (Phi) is 1.81. The summed E-state index contributed by atoms with van der Waals surface area (Å²) < 4.78 is 24.3. The summed E-state index contributed by atoms with van der Waals surface area (Å²) in [6, 6.07) is 0. The van der Waals surface area contributed by atoms with Gasteiger partial charge >= 0.3 is 0 Å². The highest BCUT2D eigenvalue weighted by Gasteiger charge is 2.20. The highest BCUT2D eigenvalue weighted by Crippen LogP contribution is 2.21. The van der Waals surface area contributed by atoms with E-state index < -0.39 is 12.3 Å². The number of halogens is 2. The molecule has 2 heteroatoms. The van der Waals surface area contributed by atoms with Gasteiger partial charge in [0.2, 0.25) is 0 Å². The average Bonchev–Trinajstić information content (AvgIpc) is 1.64. The zero-order valence-corrected chi connectivity index (χ0v) is 4.61. The number of hydrogen-bond acceptors (Lipinski definition) is 0. The molecule has 0 aromatic carbocycles. The molecule has 8 heavy (non-hydrogen) atoms. The summed E-state index contributed by atoms with van der Waals surface area (Å²) in [6.45, 7) is 0. The Bertz CT molecular complexity index is 64.9. The third-order valence-electron chi connectivity index (χ3n) is 1.38. The normalized spacial score (nSPS) is 39.8. The van der Waals surface area contributed by atoms with Crippen molar-refractivity contribution in [2.45, 2.75) is 31.6 Å². The molecule has 0 aromatic rings. The quantitative estimate of drug-likeness (QED) is 0.457. The maximum Gasteiger partial charge on any atom is 0.106 e. The highest BCUT2D eigenvalue weighted by molar-refractivity contribution is 4.88. The van der Waals surface area contributed by atoms with Gasteiger partial charge in [0.25, 0.3) is 0 Å². The van der Waals surface area contributed by atoms with Gasteiger partial charge in [-0.05, 0) is 19.3 Å². The van der Waals surface area contributed by atoms with Crippen molar-refractivity contribution in [2.24, 2.45) is 0 Å². The van der Waals surface area contributed by atoms with E-state index in [0.717, 1.165) is 6.42 Å². The van der Waals surface area contributed by atoms with Crippen LogP contribution in [0.4, 0.5) is 8.78 Å². The van der Waals surface area contributed by atoms with Gasteiger partial charge < -0.3 is 0 Å². The van der Waals surface area contributed by atoms with Crippen molar-refractivity contribution in [3.63, 3.8) is 0 Å². The Morgan fingerprint density at radius 3 is 1.88 bits per heavy atom. The fraction of sp³-hybridized carbons (Fsp3) is 0.833. The molecule has 0 aliphatic heterocycles. The molecule has 0 bridgehead atoms. The lowest BCUT2D eigenvalue weighted by Gasteiger charge is -2.16. The lowest BCUT2D eigenvalue weighted by atomic mass is 9.97. The van der Waals surface area contributed by atoms with Crippen LogP contribution >= 0.6 is 0 Å². The van der Waals surface area contributed by atoms with Crippen molar-refractivity contribution in [1.29, 1.82) is 0 Å². The maximum absolute atomic E-state index is 12.1. The molecule has 1 rings (SSSR count). The van der Waals surface area contributed by atoms with E-state index in [9.17, 15) is 8.78 Å². The zero-order valence-electron chi connectivity index (χ0n) is 4.61. The molecule has 1 aliphatic rings. The second-order valence-corrected chi connectivity index (χ2v) is 2.16. The minimum absolute atomic E-state index is 0.514. The number of hydrogen-bond donors (Lipinski definition) is 0. The van der Waals surface area contributed by atoms with E-state index >= 15 is 0 Å². The first-order valence-corrected chi connectivity index (χ1v) is 2.92. The van der Waals surface area contributed by atoms with Gasteiger partial charge in [0, 0.05) is 6.42 Å². The van der Waals surface area contributed by atoms with Crippen LogP contribution in [0.5, 0.6) is 0 Å². The molecule has 0 spiro atoms. The largest absolute Gasteiger partial charge is 0.247 e. The van der Waals surface area contributed by atoms with Crippen molar-refractivity contribution < 1.29 is 8.78 Å². The fourth-order valence-electron chi connectivity index (χ4n) is 0.927. The summed E-state index contributed by atoms with van der Waals surface area (Å²) >= 11 is 0. The zero-order chi connectivity index (χ0) is 5.98. The number of alkyl halides is 2. The topological polar surface area (TPSA) is 0 Å². The smallest absolute Gasteiger partial charge is 0.106 e. The third-order valence-corrected chi connectivity index (χ3v) is 1.38. The van der Waals surface area contributed by atoms with Crippen LogP contribution in [-0.2, 0) is 0 Å². The molecule has 0 aromatic heterocycles. The molecule has 1 aliphatic carbocycles. The van der Waals surface area contributed by atoms with Gasteiger partial charge in [-0.15, -0.1) is 0 Å². The van der Waals surface area contributed by atoms with Crippen molar-refractivity contribution in [2.75, 3.05) is 0 Å². The Hall–Kier alpha value is -0.140. The summed E-state index contributed by atoms with van der Waals surface area (Å²) in [5.74, 6) is 0. The molecule has 0 saturated heterocycles. The first-order chi connectivity index (χ1) is 3.79. The molecular formula is C6H9F2. The van der Waals surface area contributed by atoms with Crippen molar-refractivity contribution >= 4 is 0 Å². The van der Waals surface area contributed by atoms with E-state index in [-0.39, 0.29) is 0 Å². The molecule has 0 nitrogen and oxygen atoms in total. The van der Waals surface area contributed by atoms with E-state index in [4.69, 9.17) is 0 Å². The minimum atomic E-state index is -0.987. The first-order valence-electron chi connectivity index (χ1n) is 2.92. The Morgan fingerprint density at radius 1 is 1.12 bits per heavy atom. The van der Waals surface area contributed by atoms with Gasteiger partial charge in [-0.1, -0.05) is 0 Å². The van der Waals surface area contributed by atoms with Gasteiger partial charge in [-0.3, -0.25) is 0 Å². The Labute approximate surface area is 47.9 Å². The Balaban J connectivity index is 2.23. The van der Waals surface area contributed by atoms with E-state index in [0.29, 0.717) is 19.3 Å². The molecule has 0 N–H and O–H groups in total. The summed E-state index contributed by atoms with van der Waals surface area (Å²) in [6.07, 6.45) is 0.890. The van der Waals surface area contributed by atoms with Crippen molar-refractivity contribution in [3.8, 4) is 0 Å². The van der Waals surface area contributed by atoms with Crippen LogP contribution < -0.4 is 0 Å². The second kappa shape index (κ2) is 2.42. The molecular weight excluding hydrogens is 110 g/mol. The molecule has 0 heterocycles. The van der Waals surface area contributed by atoms with E-state index in [1.807, 2.05) is 0 Å². The fourth-order valence-corrected chi connectivity index (χ4v) is 0.927. The van der Waals surface area contributed by atoms with Gasteiger partial charge in [-0.2, -0.15) is 0 Å². The standard InChI is InChI=1S/C6H9F2/c7-5-2-1-3-6(8)4-5/h4-6H,1-3H2. The number of rotatable bonds is 0. The van der Waals surface area contributed by atoms with Crippen LogP contribution in [0.15, 0.2) is 0 Å². The molecule has 2 atom stereocenters. The molecule has 0 amide bonds. The SMILES string of the molecule is FC1[CH]C(F)CCC1. The predicted molar refractivity (Wildman–Crippen MR) is 27.9 cm³/mol. The molecule has 2 unspecified atom stereocenters. The predicted octanol–water partition coefficient (Wildman–Crippen LogP) is 2.05. The minimum Gasteiger partial charge on any atom is -0.247 e. The summed E-state index contributed by atoms with van der Waals surface area (Å²) in [5.41, 5.74) is 0. The van der Waals surface area contributed by atoms with Crippen LogP contribution in [0.25, 0.3) is 0 Å². The van der Waals surface area contributed by atoms with Gasteiger partial charge in [0.15, 0.2) is 0 Å². The van der Waals surface area contributed by atoms with Gasteiger partial charge in [0.05, 0.1) is 0 Å². The molecule has 1 saturated carbocycles. The van der Waals surface area contributed by atoms with E-state index in [2.05, 4.69) is 0 Å². The van der Waals surface area contributed by atoms with Crippen molar-refractivity contribution in [1.82, 2.24) is 0 Å². The lowest BCUT2D eigenvalue weighted by Crippen LogP contribution is -2.17. The lowest BCUT2D eigenvalue weighted by molar-refractivity contribution is 0.225. The van der Waals surface area contributed by atoms with E-state index in [1.165, 1.54) is 0 Å². The van der Waals surface area contributed by atoms with Gasteiger partial charge in [-0.25, -0.2) is 8.78 Å².